The summed E-state index contributed by atoms with van der Waals surface area (Å²) in [7, 11) is 1.42. The van der Waals surface area contributed by atoms with Crippen LogP contribution < -0.4 is 9.80 Å². The number of benzene rings is 2. The first-order valence-electron chi connectivity index (χ1n) is 7.29. The fraction of sp³-hybridized carbons (Fsp3) is 0.278. The molecular weight excluding hydrogens is 310 g/mol. The van der Waals surface area contributed by atoms with Crippen molar-refractivity contribution in [2.45, 2.75) is 27.4 Å². The molecule has 1 N–H and O–H groups in total. The quantitative estimate of drug-likeness (QED) is 0.667. The summed E-state index contributed by atoms with van der Waals surface area (Å²) in [5.74, 6) is 0.820. The van der Waals surface area contributed by atoms with E-state index in [-0.39, 0.29) is 5.17 Å². The van der Waals surface area contributed by atoms with Crippen molar-refractivity contribution in [2.24, 2.45) is 0 Å². The molecule has 0 bridgehead atoms. The summed E-state index contributed by atoms with van der Waals surface area (Å²) in [6, 6.07) is 11.8. The minimum atomic E-state index is -0.0108. The van der Waals surface area contributed by atoms with Gasteiger partial charge in [-0.05, 0) is 56.2 Å². The van der Waals surface area contributed by atoms with E-state index in [9.17, 15) is 5.21 Å². The first-order valence-corrected chi connectivity index (χ1v) is 7.69. The zero-order chi connectivity index (χ0) is 17.0. The van der Waals surface area contributed by atoms with Crippen LogP contribution in [-0.4, -0.2) is 17.5 Å². The van der Waals surface area contributed by atoms with Crippen molar-refractivity contribution in [1.29, 1.82) is 0 Å². The van der Waals surface area contributed by atoms with Gasteiger partial charge in [-0.15, -0.1) is 0 Å². The van der Waals surface area contributed by atoms with Gasteiger partial charge in [-0.2, -0.15) is 5.06 Å². The molecule has 0 spiro atoms. The molecule has 0 aliphatic heterocycles. The number of hydroxylamine groups is 1. The summed E-state index contributed by atoms with van der Waals surface area (Å²) in [5, 5.41) is 11.0. The Morgan fingerprint density at radius 1 is 1.09 bits per heavy atom. The summed E-state index contributed by atoms with van der Waals surface area (Å²) in [6.45, 7) is 6.33. The molecular formula is C18H21NO3S. The smallest absolute Gasteiger partial charge is 0.288 e. The average Bonchev–Trinajstić information content (AvgIpc) is 2.53. The number of nitrogens with zero attached hydrogens (tertiary/aromatic N) is 1. The lowest BCUT2D eigenvalue weighted by molar-refractivity contribution is 0.264. The molecule has 0 saturated carbocycles. The molecule has 0 aliphatic rings. The third kappa shape index (κ3) is 4.21. The Hall–Kier alpha value is -2.11. The molecule has 0 saturated heterocycles. The summed E-state index contributed by atoms with van der Waals surface area (Å²) in [6.07, 6.45) is 0. The van der Waals surface area contributed by atoms with Gasteiger partial charge in [0.05, 0.1) is 12.8 Å². The fourth-order valence-electron chi connectivity index (χ4n) is 2.29. The molecule has 0 radical (unpaired) electrons. The molecule has 0 fully saturated rings. The van der Waals surface area contributed by atoms with Crippen LogP contribution in [0.4, 0.5) is 5.69 Å². The maximum absolute atomic E-state index is 10.2. The molecule has 0 amide bonds. The lowest BCUT2D eigenvalue weighted by Gasteiger charge is -2.20. The largest absolute Gasteiger partial charge is 0.489 e. The topological polar surface area (TPSA) is 41.9 Å². The number of thiocarbonyl (C=S) groups is 1. The number of anilines is 1. The van der Waals surface area contributed by atoms with Crippen molar-refractivity contribution in [3.8, 4) is 5.75 Å². The van der Waals surface area contributed by atoms with Crippen molar-refractivity contribution in [1.82, 2.24) is 0 Å². The molecule has 122 valence electrons. The highest BCUT2D eigenvalue weighted by molar-refractivity contribution is 7.80. The number of methoxy groups -OCH3 is 1. The van der Waals surface area contributed by atoms with Crippen molar-refractivity contribution in [2.75, 3.05) is 12.2 Å². The van der Waals surface area contributed by atoms with Gasteiger partial charge in [0.15, 0.2) is 0 Å². The molecule has 23 heavy (non-hydrogen) atoms. The predicted octanol–water partition coefficient (Wildman–Crippen LogP) is 4.32. The van der Waals surface area contributed by atoms with Crippen LogP contribution in [0.3, 0.4) is 0 Å². The van der Waals surface area contributed by atoms with E-state index >= 15 is 0 Å². The van der Waals surface area contributed by atoms with Gasteiger partial charge in [-0.3, -0.25) is 5.21 Å². The average molecular weight is 331 g/mol. The van der Waals surface area contributed by atoms with Crippen LogP contribution in [0, 0.1) is 20.8 Å². The molecule has 0 heterocycles. The second-order valence-electron chi connectivity index (χ2n) is 5.47. The third-order valence-electron chi connectivity index (χ3n) is 3.53. The molecule has 0 atom stereocenters. The van der Waals surface area contributed by atoms with Gasteiger partial charge >= 0.3 is 0 Å². The zero-order valence-corrected chi connectivity index (χ0v) is 14.6. The fourth-order valence-corrected chi connectivity index (χ4v) is 2.39. The minimum Gasteiger partial charge on any atom is -0.489 e. The molecule has 2 rings (SSSR count). The Morgan fingerprint density at radius 2 is 1.74 bits per heavy atom. The molecule has 2 aromatic rings. The summed E-state index contributed by atoms with van der Waals surface area (Å²) < 4.78 is 10.8. The van der Waals surface area contributed by atoms with Crippen molar-refractivity contribution in [3.05, 3.63) is 58.7 Å². The van der Waals surface area contributed by atoms with Gasteiger partial charge in [0, 0.05) is 5.56 Å². The predicted molar refractivity (Wildman–Crippen MR) is 95.3 cm³/mol. The Morgan fingerprint density at radius 3 is 2.39 bits per heavy atom. The first-order chi connectivity index (χ1) is 10.9. The van der Waals surface area contributed by atoms with Crippen LogP contribution in [0.25, 0.3) is 0 Å². The monoisotopic (exact) mass is 331 g/mol. The van der Waals surface area contributed by atoms with Gasteiger partial charge < -0.3 is 9.47 Å². The highest BCUT2D eigenvalue weighted by atomic mass is 32.1. The van der Waals surface area contributed by atoms with E-state index in [0.29, 0.717) is 12.3 Å². The maximum Gasteiger partial charge on any atom is 0.288 e. The number of hydrogen-bond donors (Lipinski definition) is 1. The lowest BCUT2D eigenvalue weighted by Crippen LogP contribution is -2.27. The Labute approximate surface area is 142 Å². The van der Waals surface area contributed by atoms with Crippen molar-refractivity contribution in [3.63, 3.8) is 0 Å². The van der Waals surface area contributed by atoms with Gasteiger partial charge in [0.1, 0.15) is 12.4 Å². The van der Waals surface area contributed by atoms with Crippen LogP contribution in [0.2, 0.25) is 0 Å². The van der Waals surface area contributed by atoms with E-state index in [1.165, 1.54) is 12.7 Å². The molecule has 4 nitrogen and oxygen atoms in total. The Bertz CT molecular complexity index is 715. The Balaban J connectivity index is 2.24. The van der Waals surface area contributed by atoms with Crippen LogP contribution >= 0.6 is 12.2 Å². The lowest BCUT2D eigenvalue weighted by atomic mass is 10.1. The maximum atomic E-state index is 10.2. The van der Waals surface area contributed by atoms with Gasteiger partial charge in [0.25, 0.3) is 5.17 Å². The Kier molecular flexibility index (Phi) is 5.58. The van der Waals surface area contributed by atoms with Gasteiger partial charge in [0.2, 0.25) is 0 Å². The first kappa shape index (κ1) is 17.2. The van der Waals surface area contributed by atoms with Crippen molar-refractivity contribution >= 4 is 23.1 Å². The summed E-state index contributed by atoms with van der Waals surface area (Å²) >= 11 is 4.99. The minimum absolute atomic E-state index is 0.0108. The molecule has 0 aromatic heterocycles. The summed E-state index contributed by atoms with van der Waals surface area (Å²) in [4.78, 5) is 0. The number of aryl methyl sites for hydroxylation is 3. The van der Waals surface area contributed by atoms with Crippen LogP contribution in [-0.2, 0) is 11.3 Å². The second kappa shape index (κ2) is 7.44. The highest BCUT2D eigenvalue weighted by Gasteiger charge is 2.15. The van der Waals surface area contributed by atoms with E-state index in [0.717, 1.165) is 27.5 Å². The summed E-state index contributed by atoms with van der Waals surface area (Å²) in [5.41, 5.74) is 4.65. The number of rotatable bonds is 4. The second-order valence-corrected chi connectivity index (χ2v) is 5.82. The number of hydrogen-bond acceptors (Lipinski definition) is 4. The van der Waals surface area contributed by atoms with Crippen molar-refractivity contribution < 1.29 is 14.7 Å². The highest BCUT2D eigenvalue weighted by Crippen LogP contribution is 2.25. The normalized spacial score (nSPS) is 10.3. The van der Waals surface area contributed by atoms with Gasteiger partial charge in [-0.25, -0.2) is 0 Å². The zero-order valence-electron chi connectivity index (χ0n) is 13.8. The SMILES string of the molecule is COC(=S)N(O)c1cc(C)ccc1COc1ccc(C)cc1C. The van der Waals surface area contributed by atoms with Crippen LogP contribution in [0.15, 0.2) is 36.4 Å². The molecule has 0 aliphatic carbocycles. The molecule has 0 unspecified atom stereocenters. The van der Waals surface area contributed by atoms with E-state index in [2.05, 4.69) is 6.07 Å². The standard InChI is InChI=1S/C18H21NO3S/c1-12-6-8-17(14(3)9-12)22-11-15-7-5-13(2)10-16(15)19(20)18(23)21-4/h5-10,20H,11H2,1-4H3. The van der Waals surface area contributed by atoms with E-state index < -0.39 is 0 Å². The number of ether oxygens (including phenoxy) is 2. The third-order valence-corrected chi connectivity index (χ3v) is 3.87. The van der Waals surface area contributed by atoms with E-state index in [1.807, 2.05) is 51.1 Å². The van der Waals surface area contributed by atoms with Crippen LogP contribution in [0.5, 0.6) is 5.75 Å². The molecule has 5 heteroatoms. The van der Waals surface area contributed by atoms with Gasteiger partial charge in [-0.1, -0.05) is 29.8 Å². The molecule has 2 aromatic carbocycles. The van der Waals surface area contributed by atoms with Crippen LogP contribution in [0.1, 0.15) is 22.3 Å². The van der Waals surface area contributed by atoms with E-state index in [4.69, 9.17) is 21.7 Å². The van der Waals surface area contributed by atoms with E-state index in [1.54, 1.807) is 0 Å².